The van der Waals surface area contributed by atoms with Crippen LogP contribution in [-0.2, 0) is 33.3 Å². The number of carboxylic acids is 1. The Morgan fingerprint density at radius 2 is 0.740 bits per heavy atom. The molecule has 0 aromatic heterocycles. The number of quaternary nitrogens is 1. The summed E-state index contributed by atoms with van der Waals surface area (Å²) in [5.74, 6) is -2.01. The van der Waals surface area contributed by atoms with Crippen molar-refractivity contribution >= 4 is 17.9 Å². The molecule has 0 heterocycles. The molecule has 9 nitrogen and oxygen atoms in total. The molecule has 430 valence electrons. The highest BCUT2D eigenvalue weighted by atomic mass is 16.7. The van der Waals surface area contributed by atoms with Gasteiger partial charge in [0.05, 0.1) is 34.4 Å². The van der Waals surface area contributed by atoms with E-state index in [2.05, 4.69) is 38.2 Å². The SMILES string of the molecule is CCCCC/C=C\C/C=C\CCCCCCCC(=O)OC(COC(=O)CCCCCCCCCCCCCCCCCCCCCCCCCCCCCCCCCCC)COC(OCC[N+](C)(C)C)C(=O)O. The Labute approximate surface area is 452 Å². The summed E-state index contributed by atoms with van der Waals surface area (Å²) in [7, 11) is 5.97. The number of carbonyl (C=O) groups is 3. The van der Waals surface area contributed by atoms with E-state index in [1.54, 1.807) is 0 Å². The second-order valence-electron chi connectivity index (χ2n) is 22.7. The smallest absolute Gasteiger partial charge is 0.361 e. The van der Waals surface area contributed by atoms with Crippen molar-refractivity contribution in [1.29, 1.82) is 0 Å². The number of allylic oxidation sites excluding steroid dienone is 4. The Balaban J connectivity index is 4.01. The lowest BCUT2D eigenvalue weighted by atomic mass is 10.0. The number of carboxylic acid groups (broad SMARTS) is 1. The van der Waals surface area contributed by atoms with Crippen molar-refractivity contribution in [3.05, 3.63) is 24.3 Å². The number of hydrogen-bond donors (Lipinski definition) is 1. The lowest BCUT2D eigenvalue weighted by Crippen LogP contribution is -2.40. The second-order valence-corrected chi connectivity index (χ2v) is 22.7. The van der Waals surface area contributed by atoms with Gasteiger partial charge < -0.3 is 28.5 Å². The fraction of sp³-hybridized carbons (Fsp3) is 0.891. The highest BCUT2D eigenvalue weighted by Crippen LogP contribution is 2.18. The number of carbonyl (C=O) groups excluding carboxylic acids is 2. The maximum absolute atomic E-state index is 12.8. The van der Waals surface area contributed by atoms with E-state index in [4.69, 9.17) is 18.9 Å². The summed E-state index contributed by atoms with van der Waals surface area (Å²) < 4.78 is 22.9. The molecule has 1 N–H and O–H groups in total. The first kappa shape index (κ1) is 70.8. The molecule has 9 heteroatoms. The molecule has 0 radical (unpaired) electrons. The quantitative estimate of drug-likeness (QED) is 0.0211. The topological polar surface area (TPSA) is 108 Å². The Kier molecular flexibility index (Phi) is 54.3. The van der Waals surface area contributed by atoms with E-state index in [1.807, 2.05) is 21.1 Å². The normalized spacial score (nSPS) is 12.8. The number of hydrogen-bond acceptors (Lipinski definition) is 7. The molecule has 0 saturated heterocycles. The number of esters is 2. The van der Waals surface area contributed by atoms with Gasteiger partial charge >= 0.3 is 17.9 Å². The van der Waals surface area contributed by atoms with Crippen molar-refractivity contribution in [3.63, 3.8) is 0 Å². The third-order valence-electron chi connectivity index (χ3n) is 14.2. The minimum Gasteiger partial charge on any atom is -0.477 e. The zero-order valence-corrected chi connectivity index (χ0v) is 49.1. The van der Waals surface area contributed by atoms with E-state index in [9.17, 15) is 19.5 Å². The highest BCUT2D eigenvalue weighted by Gasteiger charge is 2.25. The highest BCUT2D eigenvalue weighted by molar-refractivity contribution is 5.71. The Morgan fingerprint density at radius 3 is 1.11 bits per heavy atom. The fourth-order valence-electron chi connectivity index (χ4n) is 9.34. The Morgan fingerprint density at radius 1 is 0.411 bits per heavy atom. The molecule has 2 unspecified atom stereocenters. The molecule has 0 rings (SSSR count). The van der Waals surface area contributed by atoms with Gasteiger partial charge in [-0.3, -0.25) is 9.59 Å². The predicted molar refractivity (Wildman–Crippen MR) is 309 cm³/mol. The summed E-state index contributed by atoms with van der Waals surface area (Å²) in [4.78, 5) is 37.4. The molecule has 73 heavy (non-hydrogen) atoms. The molecule has 0 aliphatic rings. The van der Waals surface area contributed by atoms with E-state index in [0.717, 1.165) is 57.8 Å². The van der Waals surface area contributed by atoms with Gasteiger partial charge in [0, 0.05) is 12.8 Å². The number of ether oxygens (including phenoxy) is 4. The molecule has 0 spiro atoms. The first-order valence-corrected chi connectivity index (χ1v) is 31.5. The largest absolute Gasteiger partial charge is 0.477 e. The number of unbranched alkanes of at least 4 members (excludes halogenated alkanes) is 40. The van der Waals surface area contributed by atoms with Crippen LogP contribution in [0.15, 0.2) is 24.3 Å². The van der Waals surface area contributed by atoms with Crippen LogP contribution in [0.1, 0.15) is 309 Å². The lowest BCUT2D eigenvalue weighted by Gasteiger charge is -2.25. The van der Waals surface area contributed by atoms with Gasteiger partial charge in [-0.15, -0.1) is 0 Å². The first-order valence-electron chi connectivity index (χ1n) is 31.5. The molecule has 2 atom stereocenters. The monoisotopic (exact) mass is 1030 g/mol. The fourth-order valence-corrected chi connectivity index (χ4v) is 9.34. The first-order chi connectivity index (χ1) is 35.6. The van der Waals surface area contributed by atoms with Crippen LogP contribution in [0, 0.1) is 0 Å². The molecular weight excluding hydrogens is 911 g/mol. The van der Waals surface area contributed by atoms with Crippen molar-refractivity contribution in [3.8, 4) is 0 Å². The van der Waals surface area contributed by atoms with Gasteiger partial charge in [0.2, 0.25) is 0 Å². The van der Waals surface area contributed by atoms with Gasteiger partial charge in [0.15, 0.2) is 6.10 Å². The molecule has 0 fully saturated rings. The summed E-state index contributed by atoms with van der Waals surface area (Å²) in [5.41, 5.74) is 0. The van der Waals surface area contributed by atoms with E-state index in [-0.39, 0.29) is 32.2 Å². The van der Waals surface area contributed by atoms with Crippen molar-refractivity contribution in [2.24, 2.45) is 0 Å². The minimum atomic E-state index is -1.51. The van der Waals surface area contributed by atoms with Gasteiger partial charge in [-0.05, 0) is 44.9 Å². The second kappa shape index (κ2) is 56.0. The average Bonchev–Trinajstić information content (AvgIpc) is 3.36. The minimum absolute atomic E-state index is 0.183. The molecular formula is C64H122NO8+. The van der Waals surface area contributed by atoms with Crippen LogP contribution in [0.3, 0.4) is 0 Å². The Bertz CT molecular complexity index is 1250. The number of rotatable bonds is 59. The summed E-state index contributed by atoms with van der Waals surface area (Å²) in [5, 5.41) is 9.70. The van der Waals surface area contributed by atoms with Crippen LogP contribution in [0.25, 0.3) is 0 Å². The van der Waals surface area contributed by atoms with Crippen LogP contribution in [-0.4, -0.2) is 87.4 Å². The zero-order chi connectivity index (χ0) is 53.4. The van der Waals surface area contributed by atoms with Gasteiger partial charge in [-0.2, -0.15) is 0 Å². The molecule has 0 aromatic rings. The zero-order valence-electron chi connectivity index (χ0n) is 49.1. The van der Waals surface area contributed by atoms with E-state index in [0.29, 0.717) is 23.9 Å². The van der Waals surface area contributed by atoms with E-state index in [1.165, 1.54) is 218 Å². The van der Waals surface area contributed by atoms with Crippen LogP contribution >= 0.6 is 0 Å². The van der Waals surface area contributed by atoms with E-state index < -0.39 is 24.3 Å². The summed E-state index contributed by atoms with van der Waals surface area (Å²) in [6.07, 6.45) is 64.4. The molecule has 0 saturated carbocycles. The predicted octanol–water partition coefficient (Wildman–Crippen LogP) is 18.7. The van der Waals surface area contributed by atoms with Crippen molar-refractivity contribution in [1.82, 2.24) is 0 Å². The third-order valence-corrected chi connectivity index (χ3v) is 14.2. The molecule has 0 aliphatic heterocycles. The number of aliphatic carboxylic acids is 1. The Hall–Kier alpha value is -2.23. The van der Waals surface area contributed by atoms with Crippen LogP contribution in [0.4, 0.5) is 0 Å². The van der Waals surface area contributed by atoms with Crippen LogP contribution in [0.5, 0.6) is 0 Å². The lowest BCUT2D eigenvalue weighted by molar-refractivity contribution is -0.870. The number of likely N-dealkylation sites (N-methyl/N-ethyl adjacent to an activating group) is 1. The number of nitrogens with zero attached hydrogens (tertiary/aromatic N) is 1. The van der Waals surface area contributed by atoms with Crippen LogP contribution < -0.4 is 0 Å². The standard InChI is InChI=1S/C64H121NO8/c1-6-8-10-12-14-16-18-20-22-23-24-25-26-27-28-29-30-31-32-33-34-35-36-37-38-39-41-42-44-46-48-50-52-54-61(66)71-58-60(59-72-64(63(68)69)70-57-56-65(3,4)5)73-62(67)55-53-51-49-47-45-43-40-21-19-17-15-13-11-9-7-2/h15,17,21,40,60,64H,6-14,16,18-20,22-39,41-59H2,1-5H3/p+1/b17-15-,40-21-. The summed E-state index contributed by atoms with van der Waals surface area (Å²) in [6, 6.07) is 0. The molecule has 0 amide bonds. The molecule has 0 aromatic carbocycles. The van der Waals surface area contributed by atoms with E-state index >= 15 is 0 Å². The van der Waals surface area contributed by atoms with Crippen LogP contribution in [0.2, 0.25) is 0 Å². The summed E-state index contributed by atoms with van der Waals surface area (Å²) >= 11 is 0. The van der Waals surface area contributed by atoms with Crippen molar-refractivity contribution in [2.45, 2.75) is 322 Å². The average molecular weight is 1030 g/mol. The van der Waals surface area contributed by atoms with Gasteiger partial charge in [0.25, 0.3) is 6.29 Å². The van der Waals surface area contributed by atoms with Gasteiger partial charge in [0.1, 0.15) is 13.2 Å². The van der Waals surface area contributed by atoms with Crippen molar-refractivity contribution in [2.75, 3.05) is 47.5 Å². The molecule has 0 aliphatic carbocycles. The van der Waals surface area contributed by atoms with Crippen molar-refractivity contribution < 1.29 is 42.9 Å². The summed E-state index contributed by atoms with van der Waals surface area (Å²) in [6.45, 7) is 4.88. The van der Waals surface area contributed by atoms with Gasteiger partial charge in [-0.1, -0.05) is 276 Å². The maximum Gasteiger partial charge on any atom is 0.361 e. The molecule has 0 bridgehead atoms. The maximum atomic E-state index is 12.8. The van der Waals surface area contributed by atoms with Gasteiger partial charge in [-0.25, -0.2) is 4.79 Å². The third kappa shape index (κ3) is 57.3.